The Bertz CT molecular complexity index is 200. The minimum absolute atomic E-state index is 0.555. The Balaban J connectivity index is 1.45. The van der Waals surface area contributed by atoms with E-state index < -0.39 is 0 Å². The van der Waals surface area contributed by atoms with Crippen molar-refractivity contribution in [2.75, 3.05) is 25.6 Å². The third kappa shape index (κ3) is 3.90. The first-order valence-corrected chi connectivity index (χ1v) is 7.26. The maximum atomic E-state index is 5.81. The largest absolute Gasteiger partial charge is 0.378 e. The van der Waals surface area contributed by atoms with Crippen molar-refractivity contribution in [3.63, 3.8) is 0 Å². The van der Waals surface area contributed by atoms with Gasteiger partial charge < -0.3 is 10.1 Å². The molecule has 1 aliphatic heterocycles. The van der Waals surface area contributed by atoms with Crippen LogP contribution in [0.25, 0.3) is 0 Å². The Hall–Kier alpha value is 0.210. The first-order valence-electron chi connectivity index (χ1n) is 6.73. The van der Waals surface area contributed by atoms with Crippen molar-refractivity contribution in [2.45, 2.75) is 51.0 Å². The Labute approximate surface area is 104 Å². The second-order valence-corrected chi connectivity index (χ2v) is 5.77. The van der Waals surface area contributed by atoms with Gasteiger partial charge in [0.05, 0.1) is 6.10 Å². The van der Waals surface area contributed by atoms with Crippen molar-refractivity contribution in [1.82, 2.24) is 5.32 Å². The highest BCUT2D eigenvalue weighted by molar-refractivity contribution is 6.17. The van der Waals surface area contributed by atoms with E-state index >= 15 is 0 Å². The van der Waals surface area contributed by atoms with Crippen LogP contribution in [0.4, 0.5) is 0 Å². The lowest BCUT2D eigenvalue weighted by atomic mass is 10.0. The van der Waals surface area contributed by atoms with Crippen molar-refractivity contribution in [2.24, 2.45) is 5.41 Å². The lowest BCUT2D eigenvalue weighted by Gasteiger charge is -2.15. The van der Waals surface area contributed by atoms with Gasteiger partial charge in [0.15, 0.2) is 0 Å². The number of ether oxygens (including phenoxy) is 1. The molecule has 1 heterocycles. The number of alkyl halides is 1. The van der Waals surface area contributed by atoms with E-state index in [-0.39, 0.29) is 0 Å². The van der Waals surface area contributed by atoms with E-state index in [0.29, 0.717) is 11.5 Å². The molecule has 0 aromatic carbocycles. The maximum absolute atomic E-state index is 5.81. The van der Waals surface area contributed by atoms with Crippen LogP contribution in [0.1, 0.15) is 44.9 Å². The van der Waals surface area contributed by atoms with Crippen LogP contribution >= 0.6 is 11.6 Å². The average Bonchev–Trinajstić information content (AvgIpc) is 2.85. The highest BCUT2D eigenvalue weighted by Crippen LogP contribution is 2.48. The predicted octanol–water partition coefficient (Wildman–Crippen LogP) is 2.94. The van der Waals surface area contributed by atoms with Crippen molar-refractivity contribution >= 4 is 11.6 Å². The van der Waals surface area contributed by atoms with Gasteiger partial charge in [-0.1, -0.05) is 0 Å². The van der Waals surface area contributed by atoms with Gasteiger partial charge in [0, 0.05) is 19.0 Å². The van der Waals surface area contributed by atoms with Crippen LogP contribution in [0.2, 0.25) is 0 Å². The molecular weight excluding hydrogens is 222 g/mol. The zero-order valence-corrected chi connectivity index (χ0v) is 10.9. The molecule has 16 heavy (non-hydrogen) atoms. The second kappa shape index (κ2) is 6.23. The Kier molecular flexibility index (Phi) is 4.93. The van der Waals surface area contributed by atoms with Crippen LogP contribution < -0.4 is 5.32 Å². The molecule has 2 aliphatic rings. The number of hydrogen-bond donors (Lipinski definition) is 1. The van der Waals surface area contributed by atoms with Gasteiger partial charge in [0.1, 0.15) is 0 Å². The van der Waals surface area contributed by atoms with Gasteiger partial charge in [0.25, 0.3) is 0 Å². The standard InChI is InChI=1S/C13H24ClNO/c14-8-7-13(5-6-13)11-15-9-1-3-12-4-2-10-16-12/h12,15H,1-11H2. The summed E-state index contributed by atoms with van der Waals surface area (Å²) < 4.78 is 5.61. The Morgan fingerprint density at radius 3 is 2.88 bits per heavy atom. The zero-order chi connectivity index (χ0) is 11.3. The fourth-order valence-corrected chi connectivity index (χ4v) is 2.97. The van der Waals surface area contributed by atoms with Gasteiger partial charge in [-0.15, -0.1) is 11.6 Å². The molecule has 2 nitrogen and oxygen atoms in total. The highest BCUT2D eigenvalue weighted by atomic mass is 35.5. The van der Waals surface area contributed by atoms with Gasteiger partial charge in [-0.3, -0.25) is 0 Å². The molecule has 94 valence electrons. The quantitative estimate of drug-likeness (QED) is 0.525. The maximum Gasteiger partial charge on any atom is 0.0576 e. The van der Waals surface area contributed by atoms with Gasteiger partial charge in [-0.25, -0.2) is 0 Å². The van der Waals surface area contributed by atoms with Crippen LogP contribution in [0.15, 0.2) is 0 Å². The normalized spacial score (nSPS) is 27.2. The number of nitrogens with one attached hydrogen (secondary N) is 1. The van der Waals surface area contributed by atoms with Crippen molar-refractivity contribution < 1.29 is 4.74 Å². The van der Waals surface area contributed by atoms with E-state index in [4.69, 9.17) is 16.3 Å². The monoisotopic (exact) mass is 245 g/mol. The van der Waals surface area contributed by atoms with Crippen LogP contribution in [-0.2, 0) is 4.74 Å². The van der Waals surface area contributed by atoms with Gasteiger partial charge in [0.2, 0.25) is 0 Å². The molecule has 2 rings (SSSR count). The molecule has 0 spiro atoms. The van der Waals surface area contributed by atoms with Crippen molar-refractivity contribution in [1.29, 1.82) is 0 Å². The molecular formula is C13H24ClNO. The molecule has 1 N–H and O–H groups in total. The molecule has 1 saturated carbocycles. The summed E-state index contributed by atoms with van der Waals surface area (Å²) in [5.74, 6) is 0.817. The van der Waals surface area contributed by atoms with Gasteiger partial charge >= 0.3 is 0 Å². The van der Waals surface area contributed by atoms with Gasteiger partial charge in [-0.2, -0.15) is 0 Å². The molecule has 3 heteroatoms. The molecule has 1 aliphatic carbocycles. The van der Waals surface area contributed by atoms with Gasteiger partial charge in [-0.05, 0) is 56.9 Å². The SMILES string of the molecule is ClCCC1(CNCCCC2CCCO2)CC1. The van der Waals surface area contributed by atoms with Crippen LogP contribution in [0.3, 0.4) is 0 Å². The topological polar surface area (TPSA) is 21.3 Å². The van der Waals surface area contributed by atoms with E-state index in [2.05, 4.69) is 5.32 Å². The van der Waals surface area contributed by atoms with Crippen LogP contribution in [0.5, 0.6) is 0 Å². The second-order valence-electron chi connectivity index (χ2n) is 5.39. The summed E-state index contributed by atoms with van der Waals surface area (Å²) in [5.41, 5.74) is 0.575. The number of rotatable bonds is 8. The minimum atomic E-state index is 0.555. The summed E-state index contributed by atoms with van der Waals surface area (Å²) >= 11 is 5.81. The molecule has 1 atom stereocenters. The van der Waals surface area contributed by atoms with E-state index in [9.17, 15) is 0 Å². The van der Waals surface area contributed by atoms with Crippen LogP contribution in [0, 0.1) is 5.41 Å². The smallest absolute Gasteiger partial charge is 0.0576 e. The molecule has 0 radical (unpaired) electrons. The van der Waals surface area contributed by atoms with E-state index in [1.54, 1.807) is 0 Å². The zero-order valence-electron chi connectivity index (χ0n) is 10.1. The van der Waals surface area contributed by atoms with E-state index in [1.165, 1.54) is 51.5 Å². The van der Waals surface area contributed by atoms with Crippen molar-refractivity contribution in [3.8, 4) is 0 Å². The molecule has 0 aromatic heterocycles. The molecule has 0 bridgehead atoms. The third-order valence-corrected chi connectivity index (χ3v) is 4.17. The third-order valence-electron chi connectivity index (χ3n) is 3.99. The van der Waals surface area contributed by atoms with Crippen LogP contribution in [-0.4, -0.2) is 31.7 Å². The number of hydrogen-bond acceptors (Lipinski definition) is 2. The summed E-state index contributed by atoms with van der Waals surface area (Å²) in [5, 5.41) is 3.58. The molecule has 0 aromatic rings. The predicted molar refractivity (Wildman–Crippen MR) is 68.1 cm³/mol. The lowest BCUT2D eigenvalue weighted by Crippen LogP contribution is -2.26. The summed E-state index contributed by atoms with van der Waals surface area (Å²) in [6, 6.07) is 0. The van der Waals surface area contributed by atoms with E-state index in [1.807, 2.05) is 0 Å². The summed E-state index contributed by atoms with van der Waals surface area (Å²) in [6.07, 6.45) is 9.51. The lowest BCUT2D eigenvalue weighted by molar-refractivity contribution is 0.102. The fourth-order valence-electron chi connectivity index (χ4n) is 2.57. The minimum Gasteiger partial charge on any atom is -0.378 e. The summed E-state index contributed by atoms with van der Waals surface area (Å²) in [7, 11) is 0. The molecule has 0 amide bonds. The first kappa shape index (κ1) is 12.7. The summed E-state index contributed by atoms with van der Waals surface area (Å²) in [4.78, 5) is 0. The fraction of sp³-hybridized carbons (Fsp3) is 1.00. The number of halogens is 1. The van der Waals surface area contributed by atoms with Crippen molar-refractivity contribution in [3.05, 3.63) is 0 Å². The first-order chi connectivity index (χ1) is 7.85. The highest BCUT2D eigenvalue weighted by Gasteiger charge is 2.40. The summed E-state index contributed by atoms with van der Waals surface area (Å²) in [6.45, 7) is 3.30. The average molecular weight is 246 g/mol. The molecule has 2 fully saturated rings. The van der Waals surface area contributed by atoms with E-state index in [0.717, 1.165) is 19.0 Å². The molecule has 1 unspecified atom stereocenters. The molecule has 1 saturated heterocycles. The Morgan fingerprint density at radius 1 is 1.38 bits per heavy atom. The Morgan fingerprint density at radius 2 is 2.25 bits per heavy atom.